The molecule has 5 nitrogen and oxygen atoms in total. The summed E-state index contributed by atoms with van der Waals surface area (Å²) in [6, 6.07) is 9.20. The molecule has 0 saturated heterocycles. The molecule has 2 rings (SSSR count). The number of methoxy groups -OCH3 is 1. The minimum Gasteiger partial charge on any atom is -0.497 e. The summed E-state index contributed by atoms with van der Waals surface area (Å²) in [5.41, 5.74) is 0.0632. The van der Waals surface area contributed by atoms with E-state index in [1.807, 2.05) is 0 Å². The molecule has 0 aliphatic carbocycles. The lowest BCUT2D eigenvalue weighted by molar-refractivity contribution is -0.130. The Labute approximate surface area is 137 Å². The Balaban J connectivity index is 2.18. The molecule has 124 valence electrons. The Morgan fingerprint density at radius 2 is 2.04 bits per heavy atom. The molecule has 1 amide bonds. The number of hydrogen-bond acceptors (Lipinski definition) is 4. The van der Waals surface area contributed by atoms with Gasteiger partial charge in [-0.15, -0.1) is 0 Å². The summed E-state index contributed by atoms with van der Waals surface area (Å²) in [6.07, 6.45) is -1.57. The molecule has 0 aliphatic heterocycles. The van der Waals surface area contributed by atoms with Crippen LogP contribution in [0.25, 0.3) is 0 Å². The number of nitrogens with zero attached hydrogens (tertiary/aromatic N) is 1. The molecule has 7 heteroatoms. The van der Waals surface area contributed by atoms with Crippen molar-refractivity contribution in [2.24, 2.45) is 0 Å². The number of rotatable bonds is 5. The molecular formula is C17H14F2N2O3. The lowest BCUT2D eigenvalue weighted by Crippen LogP contribution is -2.32. The molecule has 2 atom stereocenters. The Morgan fingerprint density at radius 3 is 2.67 bits per heavy atom. The molecule has 0 unspecified atom stereocenters. The highest BCUT2D eigenvalue weighted by Crippen LogP contribution is 2.22. The van der Waals surface area contributed by atoms with Gasteiger partial charge in [-0.1, -0.05) is 18.2 Å². The third-order valence-corrected chi connectivity index (χ3v) is 3.35. The van der Waals surface area contributed by atoms with E-state index in [2.05, 4.69) is 5.32 Å². The van der Waals surface area contributed by atoms with Crippen LogP contribution in [0.2, 0.25) is 0 Å². The first kappa shape index (κ1) is 17.4. The van der Waals surface area contributed by atoms with E-state index >= 15 is 0 Å². The first-order chi connectivity index (χ1) is 11.5. The van der Waals surface area contributed by atoms with Crippen LogP contribution in [0.5, 0.6) is 5.75 Å². The molecular weight excluding hydrogens is 318 g/mol. The van der Waals surface area contributed by atoms with Gasteiger partial charge < -0.3 is 15.2 Å². The van der Waals surface area contributed by atoms with Crippen molar-refractivity contribution in [1.82, 2.24) is 5.32 Å². The van der Waals surface area contributed by atoms with Crippen LogP contribution in [0.4, 0.5) is 8.78 Å². The summed E-state index contributed by atoms with van der Waals surface area (Å²) in [5.74, 6) is -2.20. The van der Waals surface area contributed by atoms with Crippen molar-refractivity contribution < 1.29 is 23.4 Å². The molecule has 2 N–H and O–H groups in total. The number of aliphatic hydroxyl groups is 1. The molecule has 0 saturated carbocycles. The number of hydrogen-bond donors (Lipinski definition) is 2. The van der Waals surface area contributed by atoms with E-state index in [1.165, 1.54) is 19.2 Å². The van der Waals surface area contributed by atoms with Crippen LogP contribution in [0.15, 0.2) is 42.5 Å². The quantitative estimate of drug-likeness (QED) is 0.881. The topological polar surface area (TPSA) is 82.3 Å². The first-order valence-corrected chi connectivity index (χ1v) is 6.93. The second kappa shape index (κ2) is 7.53. The number of halogens is 2. The fourth-order valence-electron chi connectivity index (χ4n) is 2.10. The van der Waals surface area contributed by atoms with E-state index in [9.17, 15) is 18.7 Å². The van der Waals surface area contributed by atoms with Crippen molar-refractivity contribution in [2.75, 3.05) is 7.11 Å². The van der Waals surface area contributed by atoms with Crippen LogP contribution in [-0.2, 0) is 4.79 Å². The lowest BCUT2D eigenvalue weighted by atomic mass is 10.0. The zero-order valence-electron chi connectivity index (χ0n) is 12.7. The van der Waals surface area contributed by atoms with Crippen LogP contribution < -0.4 is 10.1 Å². The highest BCUT2D eigenvalue weighted by atomic mass is 19.1. The van der Waals surface area contributed by atoms with Gasteiger partial charge in [-0.2, -0.15) is 5.26 Å². The van der Waals surface area contributed by atoms with Crippen molar-refractivity contribution >= 4 is 5.91 Å². The van der Waals surface area contributed by atoms with Gasteiger partial charge in [0.05, 0.1) is 13.2 Å². The number of carbonyl (C=O) groups excluding carboxylic acids is 1. The summed E-state index contributed by atoms with van der Waals surface area (Å²) < 4.78 is 31.7. The summed E-state index contributed by atoms with van der Waals surface area (Å²) in [7, 11) is 1.44. The summed E-state index contributed by atoms with van der Waals surface area (Å²) in [5, 5.41) is 21.4. The van der Waals surface area contributed by atoms with Crippen LogP contribution in [0.3, 0.4) is 0 Å². The molecule has 0 fully saturated rings. The van der Waals surface area contributed by atoms with Gasteiger partial charge in [0, 0.05) is 11.6 Å². The van der Waals surface area contributed by atoms with Crippen LogP contribution in [-0.4, -0.2) is 18.1 Å². The SMILES string of the molecule is COc1cccc([C@@H](O)C(=O)N[C@H](C#N)c2ccc(F)cc2F)c1. The molecule has 0 spiro atoms. The maximum Gasteiger partial charge on any atom is 0.254 e. The fraction of sp³-hybridized carbons (Fsp3) is 0.176. The van der Waals surface area contributed by atoms with Gasteiger partial charge in [-0.25, -0.2) is 8.78 Å². The van der Waals surface area contributed by atoms with E-state index in [0.29, 0.717) is 11.8 Å². The van der Waals surface area contributed by atoms with Crippen molar-refractivity contribution in [3.8, 4) is 11.8 Å². The van der Waals surface area contributed by atoms with E-state index in [1.54, 1.807) is 18.2 Å². The molecule has 0 aromatic heterocycles. The molecule has 0 radical (unpaired) electrons. The van der Waals surface area contributed by atoms with Crippen LogP contribution in [0.1, 0.15) is 23.3 Å². The van der Waals surface area contributed by atoms with Gasteiger partial charge in [-0.3, -0.25) is 4.79 Å². The predicted molar refractivity (Wildman–Crippen MR) is 80.8 cm³/mol. The lowest BCUT2D eigenvalue weighted by Gasteiger charge is -2.16. The molecule has 24 heavy (non-hydrogen) atoms. The van der Waals surface area contributed by atoms with Crippen molar-refractivity contribution in [2.45, 2.75) is 12.1 Å². The number of nitrogens with one attached hydrogen (secondary N) is 1. The standard InChI is InChI=1S/C17H14F2N2O3/c1-24-12-4-2-3-10(7-12)16(22)17(23)21-15(9-20)13-6-5-11(18)8-14(13)19/h2-8,15-16,22H,1H3,(H,21,23)/t15-,16-/m1/s1. The van der Waals surface area contributed by atoms with E-state index < -0.39 is 29.7 Å². The van der Waals surface area contributed by atoms with Gasteiger partial charge in [0.25, 0.3) is 5.91 Å². The monoisotopic (exact) mass is 332 g/mol. The van der Waals surface area contributed by atoms with Gasteiger partial charge >= 0.3 is 0 Å². The second-order valence-electron chi connectivity index (χ2n) is 4.92. The zero-order valence-corrected chi connectivity index (χ0v) is 12.7. The third kappa shape index (κ3) is 3.86. The van der Waals surface area contributed by atoms with Crippen molar-refractivity contribution in [3.05, 3.63) is 65.2 Å². The van der Waals surface area contributed by atoms with E-state index in [0.717, 1.165) is 12.1 Å². The number of carbonyl (C=O) groups is 1. The largest absolute Gasteiger partial charge is 0.497 e. The van der Waals surface area contributed by atoms with Crippen molar-refractivity contribution in [3.63, 3.8) is 0 Å². The highest BCUT2D eigenvalue weighted by Gasteiger charge is 2.24. The molecule has 0 bridgehead atoms. The number of benzene rings is 2. The van der Waals surface area contributed by atoms with Crippen LogP contribution in [0, 0.1) is 23.0 Å². The van der Waals surface area contributed by atoms with E-state index in [4.69, 9.17) is 10.00 Å². The third-order valence-electron chi connectivity index (χ3n) is 3.35. The fourth-order valence-corrected chi connectivity index (χ4v) is 2.10. The molecule has 0 aliphatic rings. The minimum atomic E-state index is -1.57. The Morgan fingerprint density at radius 1 is 1.29 bits per heavy atom. The van der Waals surface area contributed by atoms with Gasteiger partial charge in [0.15, 0.2) is 6.10 Å². The number of amides is 1. The van der Waals surface area contributed by atoms with E-state index in [-0.39, 0.29) is 11.1 Å². The summed E-state index contributed by atoms with van der Waals surface area (Å²) in [6.45, 7) is 0. The highest BCUT2D eigenvalue weighted by molar-refractivity contribution is 5.82. The molecule has 0 heterocycles. The van der Waals surface area contributed by atoms with Crippen LogP contribution >= 0.6 is 0 Å². The van der Waals surface area contributed by atoms with Gasteiger partial charge in [0.1, 0.15) is 23.4 Å². The van der Waals surface area contributed by atoms with Crippen molar-refractivity contribution in [1.29, 1.82) is 5.26 Å². The Bertz CT molecular complexity index is 790. The van der Waals surface area contributed by atoms with Gasteiger partial charge in [0.2, 0.25) is 0 Å². The zero-order chi connectivity index (χ0) is 17.7. The normalized spacial score (nSPS) is 12.8. The smallest absolute Gasteiger partial charge is 0.254 e. The average Bonchev–Trinajstić information content (AvgIpc) is 2.59. The average molecular weight is 332 g/mol. The first-order valence-electron chi connectivity index (χ1n) is 6.93. The predicted octanol–water partition coefficient (Wildman–Crippen LogP) is 2.39. The number of nitriles is 1. The maximum absolute atomic E-state index is 13.7. The number of ether oxygens (including phenoxy) is 1. The Hall–Kier alpha value is -2.98. The molecule has 2 aromatic rings. The van der Waals surface area contributed by atoms with Gasteiger partial charge in [-0.05, 0) is 23.8 Å². The minimum absolute atomic E-state index is 0.190. The number of aliphatic hydroxyl groups excluding tert-OH is 1. The Kier molecular flexibility index (Phi) is 5.45. The molecule has 2 aromatic carbocycles. The maximum atomic E-state index is 13.7. The summed E-state index contributed by atoms with van der Waals surface area (Å²) >= 11 is 0. The second-order valence-corrected chi connectivity index (χ2v) is 4.92. The summed E-state index contributed by atoms with van der Waals surface area (Å²) in [4.78, 5) is 12.1.